The van der Waals surface area contributed by atoms with Gasteiger partial charge in [-0.15, -0.1) is 0 Å². The summed E-state index contributed by atoms with van der Waals surface area (Å²) in [7, 11) is 4.21. The lowest BCUT2D eigenvalue weighted by Crippen LogP contribution is -2.41. The number of aryl methyl sites for hydroxylation is 2. The zero-order valence-electron chi connectivity index (χ0n) is 12.3. The molecule has 2 atom stereocenters. The first-order chi connectivity index (χ1) is 8.47. The van der Waals surface area contributed by atoms with Crippen LogP contribution in [0.3, 0.4) is 0 Å². The zero-order valence-corrected chi connectivity index (χ0v) is 12.3. The summed E-state index contributed by atoms with van der Waals surface area (Å²) < 4.78 is 1.98. The molecule has 1 saturated carbocycles. The van der Waals surface area contributed by atoms with Gasteiger partial charge >= 0.3 is 0 Å². The standard InChI is InChI=1S/C14H26N4/c1-9-14(11(3)18(5)16-9)10(2)17(4)13(8-15)12-6-7-12/h10,12-13H,6-8,15H2,1-5H3. The van der Waals surface area contributed by atoms with E-state index in [1.54, 1.807) is 0 Å². The molecule has 1 aliphatic carbocycles. The van der Waals surface area contributed by atoms with E-state index >= 15 is 0 Å². The van der Waals surface area contributed by atoms with Gasteiger partial charge in [-0.1, -0.05) is 0 Å². The van der Waals surface area contributed by atoms with E-state index in [0.29, 0.717) is 12.1 Å². The topological polar surface area (TPSA) is 47.1 Å². The Kier molecular flexibility index (Phi) is 3.78. The Bertz CT molecular complexity index is 420. The van der Waals surface area contributed by atoms with Crippen LogP contribution < -0.4 is 5.73 Å². The highest BCUT2D eigenvalue weighted by molar-refractivity contribution is 5.27. The molecule has 18 heavy (non-hydrogen) atoms. The van der Waals surface area contributed by atoms with Gasteiger partial charge in [0.15, 0.2) is 0 Å². The van der Waals surface area contributed by atoms with E-state index in [-0.39, 0.29) is 0 Å². The molecular formula is C14H26N4. The first-order valence-electron chi connectivity index (χ1n) is 6.89. The van der Waals surface area contributed by atoms with Crippen molar-refractivity contribution in [1.82, 2.24) is 14.7 Å². The highest BCUT2D eigenvalue weighted by Crippen LogP contribution is 2.38. The summed E-state index contributed by atoms with van der Waals surface area (Å²) in [4.78, 5) is 2.44. The van der Waals surface area contributed by atoms with Crippen molar-refractivity contribution in [2.75, 3.05) is 13.6 Å². The van der Waals surface area contributed by atoms with Crippen LogP contribution in [0.2, 0.25) is 0 Å². The summed E-state index contributed by atoms with van der Waals surface area (Å²) in [5.74, 6) is 0.805. The van der Waals surface area contributed by atoms with Gasteiger partial charge < -0.3 is 5.73 Å². The molecule has 1 aromatic heterocycles. The lowest BCUT2D eigenvalue weighted by molar-refractivity contribution is 0.169. The van der Waals surface area contributed by atoms with Gasteiger partial charge in [-0.25, -0.2) is 0 Å². The van der Waals surface area contributed by atoms with Crippen LogP contribution in [-0.2, 0) is 7.05 Å². The minimum Gasteiger partial charge on any atom is -0.329 e. The van der Waals surface area contributed by atoms with Crippen molar-refractivity contribution in [3.8, 4) is 0 Å². The van der Waals surface area contributed by atoms with Crippen molar-refractivity contribution in [1.29, 1.82) is 0 Å². The Morgan fingerprint density at radius 1 is 1.44 bits per heavy atom. The molecule has 1 aliphatic rings. The second-order valence-electron chi connectivity index (χ2n) is 5.69. The molecule has 1 heterocycles. The van der Waals surface area contributed by atoms with Gasteiger partial charge in [0.2, 0.25) is 0 Å². The Hall–Kier alpha value is -0.870. The quantitative estimate of drug-likeness (QED) is 0.866. The van der Waals surface area contributed by atoms with Crippen LogP contribution in [0.25, 0.3) is 0 Å². The lowest BCUT2D eigenvalue weighted by Gasteiger charge is -2.33. The van der Waals surface area contributed by atoms with Gasteiger partial charge in [0.05, 0.1) is 5.69 Å². The van der Waals surface area contributed by atoms with Gasteiger partial charge in [-0.3, -0.25) is 9.58 Å². The fourth-order valence-corrected chi connectivity index (χ4v) is 3.06. The predicted molar refractivity (Wildman–Crippen MR) is 74.4 cm³/mol. The van der Waals surface area contributed by atoms with E-state index in [4.69, 9.17) is 5.73 Å². The van der Waals surface area contributed by atoms with Gasteiger partial charge in [0, 0.05) is 36.9 Å². The van der Waals surface area contributed by atoms with E-state index in [1.165, 1.54) is 24.1 Å². The normalized spacial score (nSPS) is 19.3. The number of rotatable bonds is 5. The van der Waals surface area contributed by atoms with Gasteiger partial charge in [0.25, 0.3) is 0 Å². The Labute approximate surface area is 110 Å². The zero-order chi connectivity index (χ0) is 13.4. The van der Waals surface area contributed by atoms with Crippen molar-refractivity contribution < 1.29 is 0 Å². The molecule has 0 aromatic carbocycles. The first kappa shape index (κ1) is 13.6. The van der Waals surface area contributed by atoms with Crippen LogP contribution in [-0.4, -0.2) is 34.3 Å². The minimum atomic E-state index is 0.382. The van der Waals surface area contributed by atoms with Crippen molar-refractivity contribution in [2.45, 2.75) is 45.7 Å². The fraction of sp³-hybridized carbons (Fsp3) is 0.786. The van der Waals surface area contributed by atoms with Gasteiger partial charge in [-0.2, -0.15) is 5.10 Å². The number of hydrogen-bond acceptors (Lipinski definition) is 3. The fourth-order valence-electron chi connectivity index (χ4n) is 3.06. The third kappa shape index (κ3) is 2.31. The summed E-state index contributed by atoms with van der Waals surface area (Å²) >= 11 is 0. The summed E-state index contributed by atoms with van der Waals surface area (Å²) in [5.41, 5.74) is 9.71. The molecular weight excluding hydrogens is 224 g/mol. The van der Waals surface area contributed by atoms with E-state index in [2.05, 4.69) is 37.8 Å². The largest absolute Gasteiger partial charge is 0.329 e. The van der Waals surface area contributed by atoms with Crippen LogP contribution >= 0.6 is 0 Å². The van der Waals surface area contributed by atoms with E-state index in [9.17, 15) is 0 Å². The Balaban J connectivity index is 2.21. The average Bonchev–Trinajstić information content (AvgIpc) is 3.10. The maximum atomic E-state index is 5.95. The minimum absolute atomic E-state index is 0.382. The number of aromatic nitrogens is 2. The molecule has 0 amide bonds. The van der Waals surface area contributed by atoms with Crippen LogP contribution in [0, 0.1) is 19.8 Å². The molecule has 2 N–H and O–H groups in total. The summed E-state index contributed by atoms with van der Waals surface area (Å²) in [6, 6.07) is 0.895. The van der Waals surface area contributed by atoms with Crippen LogP contribution in [0.15, 0.2) is 0 Å². The molecule has 4 nitrogen and oxygen atoms in total. The van der Waals surface area contributed by atoms with Gasteiger partial charge in [0.1, 0.15) is 0 Å². The number of hydrogen-bond donors (Lipinski definition) is 1. The third-order valence-corrected chi connectivity index (χ3v) is 4.52. The molecule has 0 saturated heterocycles. The molecule has 0 aliphatic heterocycles. The third-order valence-electron chi connectivity index (χ3n) is 4.52. The van der Waals surface area contributed by atoms with Crippen LogP contribution in [0.5, 0.6) is 0 Å². The summed E-state index contributed by atoms with van der Waals surface area (Å²) in [6.07, 6.45) is 2.67. The number of nitrogens with two attached hydrogens (primary N) is 1. The molecule has 1 fully saturated rings. The molecule has 2 rings (SSSR count). The molecule has 0 spiro atoms. The highest BCUT2D eigenvalue weighted by Gasteiger charge is 2.35. The molecule has 1 aromatic rings. The number of likely N-dealkylation sites (N-methyl/N-ethyl adjacent to an activating group) is 1. The van der Waals surface area contributed by atoms with Crippen molar-refractivity contribution >= 4 is 0 Å². The molecule has 0 radical (unpaired) electrons. The second kappa shape index (κ2) is 5.02. The molecule has 2 unspecified atom stereocenters. The monoisotopic (exact) mass is 250 g/mol. The van der Waals surface area contributed by atoms with Gasteiger partial charge in [-0.05, 0) is 46.6 Å². The Morgan fingerprint density at radius 2 is 2.06 bits per heavy atom. The van der Waals surface area contributed by atoms with Crippen LogP contribution in [0.1, 0.15) is 42.8 Å². The molecule has 102 valence electrons. The lowest BCUT2D eigenvalue weighted by atomic mass is 10.0. The van der Waals surface area contributed by atoms with Crippen molar-refractivity contribution in [3.05, 3.63) is 17.0 Å². The van der Waals surface area contributed by atoms with E-state index in [1.807, 2.05) is 11.7 Å². The van der Waals surface area contributed by atoms with Crippen molar-refractivity contribution in [3.63, 3.8) is 0 Å². The maximum Gasteiger partial charge on any atom is 0.0644 e. The second-order valence-corrected chi connectivity index (χ2v) is 5.69. The van der Waals surface area contributed by atoms with Crippen LogP contribution in [0.4, 0.5) is 0 Å². The SMILES string of the molecule is Cc1nn(C)c(C)c1C(C)N(C)C(CN)C1CC1. The van der Waals surface area contributed by atoms with Crippen molar-refractivity contribution in [2.24, 2.45) is 18.7 Å². The summed E-state index contributed by atoms with van der Waals surface area (Å²) in [6.45, 7) is 7.27. The maximum absolute atomic E-state index is 5.95. The number of nitrogens with zero attached hydrogens (tertiary/aromatic N) is 3. The molecule has 0 bridgehead atoms. The smallest absolute Gasteiger partial charge is 0.0644 e. The first-order valence-corrected chi connectivity index (χ1v) is 6.89. The molecule has 4 heteroatoms. The van der Waals surface area contributed by atoms with E-state index < -0.39 is 0 Å². The summed E-state index contributed by atoms with van der Waals surface area (Å²) in [5, 5.41) is 4.52. The predicted octanol–water partition coefficient (Wildman–Crippen LogP) is 1.77. The Morgan fingerprint density at radius 3 is 2.44 bits per heavy atom. The van der Waals surface area contributed by atoms with E-state index in [0.717, 1.165) is 18.2 Å². The highest BCUT2D eigenvalue weighted by atomic mass is 15.3. The average molecular weight is 250 g/mol.